The molecule has 0 saturated carbocycles. The van der Waals surface area contributed by atoms with Crippen molar-refractivity contribution in [1.82, 2.24) is 9.97 Å². The van der Waals surface area contributed by atoms with Crippen LogP contribution in [-0.4, -0.2) is 16.6 Å². The summed E-state index contributed by atoms with van der Waals surface area (Å²) < 4.78 is 6.13. The van der Waals surface area contributed by atoms with Crippen molar-refractivity contribution < 1.29 is 4.74 Å². The second-order valence-corrected chi connectivity index (χ2v) is 4.16. The zero-order chi connectivity index (χ0) is 11.3. The van der Waals surface area contributed by atoms with Gasteiger partial charge >= 0.3 is 0 Å². The van der Waals surface area contributed by atoms with E-state index in [2.05, 4.69) is 31.8 Å². The summed E-state index contributed by atoms with van der Waals surface area (Å²) in [5.74, 6) is 4.11. The van der Waals surface area contributed by atoms with E-state index in [-0.39, 0.29) is 5.92 Å². The molecule has 0 bridgehead atoms. The van der Waals surface area contributed by atoms with Crippen molar-refractivity contribution in [1.29, 1.82) is 0 Å². The highest BCUT2D eigenvalue weighted by Crippen LogP contribution is 2.18. The molecule has 1 rings (SSSR count). The average molecular weight is 269 g/mol. The minimum atomic E-state index is 0.275. The van der Waals surface area contributed by atoms with Crippen LogP contribution in [0.4, 0.5) is 0 Å². The lowest BCUT2D eigenvalue weighted by molar-refractivity contribution is 0.312. The zero-order valence-corrected chi connectivity index (χ0v) is 10.4. The van der Waals surface area contributed by atoms with Gasteiger partial charge in [-0.25, -0.2) is 4.98 Å². The summed E-state index contributed by atoms with van der Waals surface area (Å²) >= 11 is 3.32. The summed E-state index contributed by atoms with van der Waals surface area (Å²) in [5, 5.41) is 0. The van der Waals surface area contributed by atoms with Gasteiger partial charge in [0, 0.05) is 18.4 Å². The molecule has 1 aromatic rings. The molecule has 1 aromatic heterocycles. The molecule has 3 nitrogen and oxygen atoms in total. The molecular weight excluding hydrogens is 256 g/mol. The molecule has 15 heavy (non-hydrogen) atoms. The Kier molecular flexibility index (Phi) is 4.57. The van der Waals surface area contributed by atoms with Crippen molar-refractivity contribution in [2.45, 2.75) is 26.2 Å². The Hall–Kier alpha value is -1.08. The molecule has 0 aliphatic carbocycles. The first-order valence-electron chi connectivity index (χ1n) is 4.74. The number of hydrogen-bond acceptors (Lipinski definition) is 3. The Labute approximate surface area is 98.4 Å². The van der Waals surface area contributed by atoms with Gasteiger partial charge in [0.25, 0.3) is 0 Å². The summed E-state index contributed by atoms with van der Waals surface area (Å²) in [4.78, 5) is 8.52. The molecule has 0 atom stereocenters. The van der Waals surface area contributed by atoms with Gasteiger partial charge in [-0.15, -0.1) is 12.3 Å². The van der Waals surface area contributed by atoms with Crippen molar-refractivity contribution in [3.63, 3.8) is 0 Å². The lowest BCUT2D eigenvalue weighted by atomic mass is 10.2. The Balaban J connectivity index is 2.76. The molecule has 0 aliphatic rings. The standard InChI is InChI=1S/C11H13BrN2O/c1-4-5-6-15-10-7-9(12)13-11(14-10)8(2)3/h1,7-8H,5-6H2,2-3H3. The predicted molar refractivity (Wildman–Crippen MR) is 62.8 cm³/mol. The van der Waals surface area contributed by atoms with Crippen LogP contribution in [-0.2, 0) is 0 Å². The maximum absolute atomic E-state index is 5.39. The van der Waals surface area contributed by atoms with Gasteiger partial charge in [-0.1, -0.05) is 13.8 Å². The third-order valence-electron chi connectivity index (χ3n) is 1.70. The monoisotopic (exact) mass is 268 g/mol. The van der Waals surface area contributed by atoms with Crippen molar-refractivity contribution in [3.8, 4) is 18.2 Å². The van der Waals surface area contributed by atoms with E-state index in [1.165, 1.54) is 0 Å². The van der Waals surface area contributed by atoms with Crippen LogP contribution in [0.2, 0.25) is 0 Å². The number of rotatable bonds is 4. The highest BCUT2D eigenvalue weighted by molar-refractivity contribution is 9.10. The van der Waals surface area contributed by atoms with Crippen molar-refractivity contribution >= 4 is 15.9 Å². The van der Waals surface area contributed by atoms with Crippen LogP contribution in [0.25, 0.3) is 0 Å². The third kappa shape index (κ3) is 3.88. The summed E-state index contributed by atoms with van der Waals surface area (Å²) in [5.41, 5.74) is 0. The first-order chi connectivity index (χ1) is 7.13. The zero-order valence-electron chi connectivity index (χ0n) is 8.83. The van der Waals surface area contributed by atoms with E-state index in [0.29, 0.717) is 18.9 Å². The summed E-state index contributed by atoms with van der Waals surface area (Å²) in [6.07, 6.45) is 5.71. The van der Waals surface area contributed by atoms with Gasteiger partial charge in [-0.3, -0.25) is 0 Å². The highest BCUT2D eigenvalue weighted by Gasteiger charge is 2.07. The smallest absolute Gasteiger partial charge is 0.217 e. The van der Waals surface area contributed by atoms with Crippen LogP contribution < -0.4 is 4.74 Å². The Morgan fingerprint density at radius 3 is 2.87 bits per heavy atom. The van der Waals surface area contributed by atoms with Gasteiger partial charge in [0.2, 0.25) is 5.88 Å². The average Bonchev–Trinajstić information content (AvgIpc) is 2.17. The molecule has 0 fully saturated rings. The largest absolute Gasteiger partial charge is 0.477 e. The van der Waals surface area contributed by atoms with E-state index in [1.54, 1.807) is 6.07 Å². The molecule has 4 heteroatoms. The Morgan fingerprint density at radius 2 is 2.27 bits per heavy atom. The molecule has 1 heterocycles. The number of terminal acetylenes is 1. The Bertz CT molecular complexity index is 371. The molecule has 0 amide bonds. The van der Waals surface area contributed by atoms with Crippen LogP contribution in [0.5, 0.6) is 5.88 Å². The second-order valence-electron chi connectivity index (χ2n) is 3.34. The van der Waals surface area contributed by atoms with Crippen molar-refractivity contribution in [2.24, 2.45) is 0 Å². The lowest BCUT2D eigenvalue weighted by Gasteiger charge is -2.07. The maximum Gasteiger partial charge on any atom is 0.217 e. The number of nitrogens with zero attached hydrogens (tertiary/aromatic N) is 2. The second kappa shape index (κ2) is 5.72. The third-order valence-corrected chi connectivity index (χ3v) is 2.11. The number of hydrogen-bond donors (Lipinski definition) is 0. The normalized spacial score (nSPS) is 10.1. The van der Waals surface area contributed by atoms with Crippen molar-refractivity contribution in [2.75, 3.05) is 6.61 Å². The van der Waals surface area contributed by atoms with Gasteiger partial charge in [0.15, 0.2) is 0 Å². The molecule has 0 spiro atoms. The van der Waals surface area contributed by atoms with Gasteiger partial charge in [0.05, 0.1) is 0 Å². The van der Waals surface area contributed by atoms with Crippen LogP contribution in [0.3, 0.4) is 0 Å². The molecule has 0 unspecified atom stereocenters. The number of halogens is 1. The van der Waals surface area contributed by atoms with E-state index in [4.69, 9.17) is 11.2 Å². The SMILES string of the molecule is C#CCCOc1cc(Br)nc(C(C)C)n1. The summed E-state index contributed by atoms with van der Waals surface area (Å²) in [6.45, 7) is 4.55. The molecule has 0 aliphatic heterocycles. The van der Waals surface area contributed by atoms with Gasteiger partial charge in [0.1, 0.15) is 17.0 Å². The van der Waals surface area contributed by atoms with Gasteiger partial charge in [-0.2, -0.15) is 4.98 Å². The molecule has 0 radical (unpaired) electrons. The molecule has 0 saturated heterocycles. The van der Waals surface area contributed by atoms with E-state index in [1.807, 2.05) is 13.8 Å². The molecule has 80 valence electrons. The van der Waals surface area contributed by atoms with Gasteiger partial charge in [-0.05, 0) is 15.9 Å². The van der Waals surface area contributed by atoms with Crippen LogP contribution in [0.1, 0.15) is 32.0 Å². The summed E-state index contributed by atoms with van der Waals surface area (Å²) in [7, 11) is 0. The van der Waals surface area contributed by atoms with Crippen molar-refractivity contribution in [3.05, 3.63) is 16.5 Å². The molecule has 0 N–H and O–H groups in total. The van der Waals surface area contributed by atoms with Crippen LogP contribution in [0, 0.1) is 12.3 Å². The summed E-state index contributed by atoms with van der Waals surface area (Å²) in [6, 6.07) is 1.74. The highest BCUT2D eigenvalue weighted by atomic mass is 79.9. The van der Waals surface area contributed by atoms with E-state index in [9.17, 15) is 0 Å². The van der Waals surface area contributed by atoms with E-state index >= 15 is 0 Å². The van der Waals surface area contributed by atoms with E-state index in [0.717, 1.165) is 10.4 Å². The number of ether oxygens (including phenoxy) is 1. The van der Waals surface area contributed by atoms with Crippen LogP contribution >= 0.6 is 15.9 Å². The fourth-order valence-electron chi connectivity index (χ4n) is 0.960. The fourth-order valence-corrected chi connectivity index (χ4v) is 1.34. The Morgan fingerprint density at radius 1 is 1.53 bits per heavy atom. The lowest BCUT2D eigenvalue weighted by Crippen LogP contribution is -2.03. The minimum absolute atomic E-state index is 0.275. The molecular formula is C11H13BrN2O. The first kappa shape index (κ1) is 12.0. The minimum Gasteiger partial charge on any atom is -0.477 e. The first-order valence-corrected chi connectivity index (χ1v) is 5.53. The molecule has 0 aromatic carbocycles. The maximum atomic E-state index is 5.39. The quantitative estimate of drug-likeness (QED) is 0.479. The fraction of sp³-hybridized carbons (Fsp3) is 0.455. The van der Waals surface area contributed by atoms with E-state index < -0.39 is 0 Å². The van der Waals surface area contributed by atoms with Gasteiger partial charge < -0.3 is 4.74 Å². The number of aromatic nitrogens is 2. The topological polar surface area (TPSA) is 35.0 Å². The predicted octanol–water partition coefficient (Wildman–Crippen LogP) is 2.76. The van der Waals surface area contributed by atoms with Crippen LogP contribution in [0.15, 0.2) is 10.7 Å².